The SMILES string of the molecule is Cc1cc(=O)c(C(=O)Nc2ccc(-n3cncn3)cc2)nn1-c1ccccc1. The number of nitrogens with zero attached hydrogens (tertiary/aromatic N) is 5. The first-order chi connectivity index (χ1) is 13.6. The Labute approximate surface area is 160 Å². The molecule has 0 atom stereocenters. The van der Waals surface area contributed by atoms with Gasteiger partial charge in [-0.2, -0.15) is 10.2 Å². The molecule has 0 bridgehead atoms. The van der Waals surface area contributed by atoms with Crippen LogP contribution in [0.2, 0.25) is 0 Å². The summed E-state index contributed by atoms with van der Waals surface area (Å²) in [5.74, 6) is -0.566. The Hall–Kier alpha value is -4.07. The number of amides is 1. The Kier molecular flexibility index (Phi) is 4.51. The molecule has 1 N–H and O–H groups in total. The van der Waals surface area contributed by atoms with E-state index >= 15 is 0 Å². The molecule has 2 aromatic carbocycles. The molecule has 4 rings (SSSR count). The zero-order chi connectivity index (χ0) is 19.5. The minimum absolute atomic E-state index is 0.171. The Balaban J connectivity index is 1.60. The van der Waals surface area contributed by atoms with Crippen molar-refractivity contribution in [1.82, 2.24) is 24.5 Å². The summed E-state index contributed by atoms with van der Waals surface area (Å²) in [5, 5.41) is 11.0. The van der Waals surface area contributed by atoms with Crippen molar-refractivity contribution in [3.8, 4) is 11.4 Å². The van der Waals surface area contributed by atoms with E-state index in [0.29, 0.717) is 11.4 Å². The van der Waals surface area contributed by atoms with E-state index in [1.165, 1.54) is 12.4 Å². The lowest BCUT2D eigenvalue weighted by atomic mass is 10.2. The summed E-state index contributed by atoms with van der Waals surface area (Å²) < 4.78 is 3.18. The van der Waals surface area contributed by atoms with Crippen LogP contribution in [0.15, 0.2) is 78.1 Å². The molecule has 8 nitrogen and oxygen atoms in total. The van der Waals surface area contributed by atoms with Gasteiger partial charge in [0, 0.05) is 17.4 Å². The molecule has 0 aliphatic heterocycles. The van der Waals surface area contributed by atoms with Crippen LogP contribution in [-0.4, -0.2) is 30.5 Å². The Morgan fingerprint density at radius 2 is 1.75 bits per heavy atom. The number of rotatable bonds is 4. The maximum Gasteiger partial charge on any atom is 0.280 e. The van der Waals surface area contributed by atoms with Crippen molar-refractivity contribution in [2.75, 3.05) is 5.32 Å². The zero-order valence-corrected chi connectivity index (χ0v) is 15.0. The summed E-state index contributed by atoms with van der Waals surface area (Å²) >= 11 is 0. The average molecular weight is 372 g/mol. The predicted octanol–water partition coefficient (Wildman–Crippen LogP) is 2.37. The van der Waals surface area contributed by atoms with Gasteiger partial charge in [0.2, 0.25) is 5.43 Å². The molecule has 0 spiro atoms. The fraction of sp³-hybridized carbons (Fsp3) is 0.0500. The molecule has 0 saturated heterocycles. The van der Waals surface area contributed by atoms with Crippen LogP contribution < -0.4 is 10.7 Å². The van der Waals surface area contributed by atoms with E-state index < -0.39 is 11.3 Å². The summed E-state index contributed by atoms with van der Waals surface area (Å²) in [7, 11) is 0. The molecule has 0 saturated carbocycles. The van der Waals surface area contributed by atoms with Crippen LogP contribution in [0.3, 0.4) is 0 Å². The third-order valence-electron chi connectivity index (χ3n) is 4.13. The summed E-state index contributed by atoms with van der Waals surface area (Å²) in [6, 6.07) is 17.8. The van der Waals surface area contributed by atoms with Crippen LogP contribution in [-0.2, 0) is 0 Å². The molecule has 0 fully saturated rings. The topological polar surface area (TPSA) is 94.7 Å². The second-order valence-corrected chi connectivity index (χ2v) is 6.09. The van der Waals surface area contributed by atoms with Gasteiger partial charge in [-0.05, 0) is 43.3 Å². The van der Waals surface area contributed by atoms with Gasteiger partial charge in [-0.1, -0.05) is 18.2 Å². The molecule has 2 aromatic heterocycles. The smallest absolute Gasteiger partial charge is 0.280 e. The van der Waals surface area contributed by atoms with Gasteiger partial charge in [0.15, 0.2) is 5.69 Å². The first kappa shape index (κ1) is 17.3. The van der Waals surface area contributed by atoms with Crippen LogP contribution >= 0.6 is 0 Å². The molecule has 0 aliphatic carbocycles. The minimum atomic E-state index is -0.566. The maximum atomic E-state index is 12.6. The molecule has 2 heterocycles. The van der Waals surface area contributed by atoms with Crippen LogP contribution in [0.25, 0.3) is 11.4 Å². The summed E-state index contributed by atoms with van der Waals surface area (Å²) in [6.07, 6.45) is 3.02. The number of aromatic nitrogens is 5. The van der Waals surface area contributed by atoms with E-state index in [1.54, 1.807) is 46.9 Å². The van der Waals surface area contributed by atoms with Crippen molar-refractivity contribution >= 4 is 11.6 Å². The van der Waals surface area contributed by atoms with Crippen LogP contribution in [0.1, 0.15) is 16.2 Å². The molecule has 1 amide bonds. The van der Waals surface area contributed by atoms with Gasteiger partial charge in [0.1, 0.15) is 12.7 Å². The third kappa shape index (κ3) is 3.43. The number of hydrogen-bond acceptors (Lipinski definition) is 5. The van der Waals surface area contributed by atoms with Gasteiger partial charge in [-0.25, -0.2) is 14.3 Å². The molecule has 0 aliphatic rings. The summed E-state index contributed by atoms with van der Waals surface area (Å²) in [5.41, 5.74) is 2.16. The number of hydrogen-bond donors (Lipinski definition) is 1. The number of benzene rings is 2. The quantitative estimate of drug-likeness (QED) is 0.593. The van der Waals surface area contributed by atoms with Crippen LogP contribution in [0.5, 0.6) is 0 Å². The monoisotopic (exact) mass is 372 g/mol. The first-order valence-corrected chi connectivity index (χ1v) is 8.54. The maximum absolute atomic E-state index is 12.6. The standard InChI is InChI=1S/C20H16N6O2/c1-14-11-18(27)19(24-26(14)17-5-3-2-4-6-17)20(28)23-15-7-9-16(10-8-15)25-13-21-12-22-25/h2-13H,1H3,(H,23,28). The zero-order valence-electron chi connectivity index (χ0n) is 15.0. The van der Waals surface area contributed by atoms with Gasteiger partial charge < -0.3 is 5.32 Å². The first-order valence-electron chi connectivity index (χ1n) is 8.54. The Bertz CT molecular complexity index is 1170. The molecule has 8 heteroatoms. The fourth-order valence-electron chi connectivity index (χ4n) is 2.76. The number of aryl methyl sites for hydroxylation is 1. The van der Waals surface area contributed by atoms with Crippen molar-refractivity contribution in [3.05, 3.63) is 94.9 Å². The normalized spacial score (nSPS) is 10.6. The van der Waals surface area contributed by atoms with Crippen molar-refractivity contribution in [2.24, 2.45) is 0 Å². The lowest BCUT2D eigenvalue weighted by Crippen LogP contribution is -2.26. The minimum Gasteiger partial charge on any atom is -0.320 e. The molecule has 4 aromatic rings. The average Bonchev–Trinajstić information content (AvgIpc) is 3.24. The van der Waals surface area contributed by atoms with Crippen molar-refractivity contribution in [1.29, 1.82) is 0 Å². The molecule has 28 heavy (non-hydrogen) atoms. The Morgan fingerprint density at radius 3 is 2.43 bits per heavy atom. The number of para-hydroxylation sites is 1. The molecule has 138 valence electrons. The number of carbonyl (C=O) groups excluding carboxylic acids is 1. The second kappa shape index (κ2) is 7.28. The van der Waals surface area contributed by atoms with E-state index in [0.717, 1.165) is 11.4 Å². The molecular weight excluding hydrogens is 356 g/mol. The highest BCUT2D eigenvalue weighted by atomic mass is 16.2. The highest BCUT2D eigenvalue weighted by Gasteiger charge is 2.15. The van der Waals surface area contributed by atoms with Crippen LogP contribution in [0, 0.1) is 6.92 Å². The van der Waals surface area contributed by atoms with E-state index in [4.69, 9.17) is 0 Å². The summed E-state index contributed by atoms with van der Waals surface area (Å²) in [6.45, 7) is 1.77. The fourth-order valence-corrected chi connectivity index (χ4v) is 2.76. The van der Waals surface area contributed by atoms with E-state index in [1.807, 2.05) is 30.3 Å². The van der Waals surface area contributed by atoms with E-state index in [-0.39, 0.29) is 5.69 Å². The van der Waals surface area contributed by atoms with Crippen molar-refractivity contribution in [2.45, 2.75) is 6.92 Å². The molecule has 0 radical (unpaired) electrons. The van der Waals surface area contributed by atoms with Gasteiger partial charge in [0.25, 0.3) is 5.91 Å². The molecule has 0 unspecified atom stereocenters. The number of anilines is 1. The Morgan fingerprint density at radius 1 is 1.00 bits per heavy atom. The lowest BCUT2D eigenvalue weighted by molar-refractivity contribution is 0.101. The highest BCUT2D eigenvalue weighted by molar-refractivity contribution is 6.02. The van der Waals surface area contributed by atoms with Crippen molar-refractivity contribution in [3.63, 3.8) is 0 Å². The third-order valence-corrected chi connectivity index (χ3v) is 4.13. The second-order valence-electron chi connectivity index (χ2n) is 6.09. The van der Waals surface area contributed by atoms with Gasteiger partial charge in [-0.3, -0.25) is 9.59 Å². The largest absolute Gasteiger partial charge is 0.320 e. The van der Waals surface area contributed by atoms with Crippen molar-refractivity contribution < 1.29 is 4.79 Å². The number of carbonyl (C=O) groups is 1. The van der Waals surface area contributed by atoms with Gasteiger partial charge >= 0.3 is 0 Å². The van der Waals surface area contributed by atoms with Crippen LogP contribution in [0.4, 0.5) is 5.69 Å². The number of nitrogens with one attached hydrogen (secondary N) is 1. The summed E-state index contributed by atoms with van der Waals surface area (Å²) in [4.78, 5) is 28.8. The molecular formula is C20H16N6O2. The lowest BCUT2D eigenvalue weighted by Gasteiger charge is -2.11. The highest BCUT2D eigenvalue weighted by Crippen LogP contribution is 2.13. The van der Waals surface area contributed by atoms with Gasteiger partial charge in [0.05, 0.1) is 11.4 Å². The van der Waals surface area contributed by atoms with E-state index in [2.05, 4.69) is 20.5 Å². The van der Waals surface area contributed by atoms with Gasteiger partial charge in [-0.15, -0.1) is 0 Å². The van der Waals surface area contributed by atoms with E-state index in [9.17, 15) is 9.59 Å². The predicted molar refractivity (Wildman–Crippen MR) is 104 cm³/mol.